The van der Waals surface area contributed by atoms with Gasteiger partial charge in [0.05, 0.1) is 0 Å². The highest BCUT2D eigenvalue weighted by atomic mass is 79.9. The van der Waals surface area contributed by atoms with Crippen molar-refractivity contribution in [2.75, 3.05) is 5.33 Å². The summed E-state index contributed by atoms with van der Waals surface area (Å²) in [5.41, 5.74) is 8.44. The van der Waals surface area contributed by atoms with Crippen LogP contribution >= 0.6 is 15.9 Å². The molecule has 0 radical (unpaired) electrons. The Morgan fingerprint density at radius 3 is 1.90 bits per heavy atom. The zero-order chi connectivity index (χ0) is 14.7. The molecule has 0 aliphatic carbocycles. The van der Waals surface area contributed by atoms with Gasteiger partial charge >= 0.3 is 0 Å². The van der Waals surface area contributed by atoms with Crippen LogP contribution in [-0.2, 0) is 6.42 Å². The van der Waals surface area contributed by atoms with Crippen LogP contribution in [0.4, 0.5) is 0 Å². The van der Waals surface area contributed by atoms with Crippen LogP contribution in [0.2, 0.25) is 0 Å². The largest absolute Gasteiger partial charge is 0.0921 e. The topological polar surface area (TPSA) is 0 Å². The van der Waals surface area contributed by atoms with E-state index >= 15 is 0 Å². The second-order valence-corrected chi connectivity index (χ2v) is 6.49. The van der Waals surface area contributed by atoms with Gasteiger partial charge in [-0.25, -0.2) is 0 Å². The highest BCUT2D eigenvalue weighted by molar-refractivity contribution is 9.09. The number of halogens is 1. The minimum Gasteiger partial charge on any atom is -0.0921 e. The quantitative estimate of drug-likeness (QED) is 0.636. The molecule has 0 nitrogen and oxygen atoms in total. The number of aryl methyl sites for hydroxylation is 4. The predicted octanol–water partition coefficient (Wildman–Crippen LogP) is 5.64. The van der Waals surface area contributed by atoms with Crippen molar-refractivity contribution >= 4 is 15.9 Å². The average molecular weight is 331 g/mol. The molecule has 20 heavy (non-hydrogen) atoms. The Morgan fingerprint density at radius 1 is 0.850 bits per heavy atom. The van der Waals surface area contributed by atoms with Crippen molar-refractivity contribution in [2.24, 2.45) is 0 Å². The Morgan fingerprint density at radius 2 is 1.40 bits per heavy atom. The number of hydrogen-bond acceptors (Lipinski definition) is 0. The highest BCUT2D eigenvalue weighted by Gasteiger charge is 2.14. The smallest absolute Gasteiger partial charge is 0.0103 e. The van der Waals surface area contributed by atoms with Crippen LogP contribution in [0.15, 0.2) is 36.4 Å². The van der Waals surface area contributed by atoms with Crippen molar-refractivity contribution in [2.45, 2.75) is 40.0 Å². The average Bonchev–Trinajstić information content (AvgIpc) is 2.39. The van der Waals surface area contributed by atoms with Crippen molar-refractivity contribution in [3.8, 4) is 0 Å². The maximum atomic E-state index is 3.69. The van der Waals surface area contributed by atoms with Gasteiger partial charge in [-0.05, 0) is 62.3 Å². The zero-order valence-electron chi connectivity index (χ0n) is 12.8. The second-order valence-electron chi connectivity index (χ2n) is 5.84. The lowest BCUT2D eigenvalue weighted by atomic mass is 9.88. The number of hydrogen-bond donors (Lipinski definition) is 0. The molecule has 2 aromatic rings. The number of alkyl halides is 1. The summed E-state index contributed by atoms with van der Waals surface area (Å²) in [6.07, 6.45) is 1.10. The summed E-state index contributed by atoms with van der Waals surface area (Å²) in [5.74, 6) is 0.538. The Kier molecular flexibility index (Phi) is 5.04. The molecule has 0 aromatic heterocycles. The van der Waals surface area contributed by atoms with Crippen molar-refractivity contribution < 1.29 is 0 Å². The molecule has 1 atom stereocenters. The standard InChI is InChI=1S/C19H23Br/c1-13-5-7-17(8-6-13)18(12-20)11-19-15(3)9-14(2)10-16(19)4/h5-10,18H,11-12H2,1-4H3. The first kappa shape index (κ1) is 15.3. The molecule has 0 fully saturated rings. The van der Waals surface area contributed by atoms with Crippen molar-refractivity contribution in [1.82, 2.24) is 0 Å². The third-order valence-electron chi connectivity index (χ3n) is 4.03. The molecule has 0 spiro atoms. The van der Waals surface area contributed by atoms with Gasteiger partial charge in [-0.2, -0.15) is 0 Å². The van der Waals surface area contributed by atoms with E-state index in [4.69, 9.17) is 0 Å². The summed E-state index contributed by atoms with van der Waals surface area (Å²) in [6.45, 7) is 8.78. The van der Waals surface area contributed by atoms with E-state index < -0.39 is 0 Å². The maximum absolute atomic E-state index is 3.69. The third kappa shape index (κ3) is 3.52. The first-order valence-corrected chi connectivity index (χ1v) is 8.32. The van der Waals surface area contributed by atoms with Crippen molar-refractivity contribution in [3.63, 3.8) is 0 Å². The molecule has 1 heteroatoms. The van der Waals surface area contributed by atoms with E-state index in [1.54, 1.807) is 0 Å². The van der Waals surface area contributed by atoms with Crippen LogP contribution in [0.3, 0.4) is 0 Å². The fraction of sp³-hybridized carbons (Fsp3) is 0.368. The first-order valence-electron chi connectivity index (χ1n) is 7.20. The molecule has 2 rings (SSSR count). The molecule has 0 N–H and O–H groups in total. The molecule has 0 saturated heterocycles. The molecular formula is C19H23Br. The van der Waals surface area contributed by atoms with E-state index in [9.17, 15) is 0 Å². The Bertz CT molecular complexity index is 558. The van der Waals surface area contributed by atoms with Gasteiger partial charge in [0.15, 0.2) is 0 Å². The van der Waals surface area contributed by atoms with E-state index in [-0.39, 0.29) is 0 Å². The van der Waals surface area contributed by atoms with Crippen LogP contribution in [0.25, 0.3) is 0 Å². The monoisotopic (exact) mass is 330 g/mol. The SMILES string of the molecule is Cc1ccc(C(CBr)Cc2c(C)cc(C)cc2C)cc1. The fourth-order valence-electron chi connectivity index (χ4n) is 2.88. The van der Waals surface area contributed by atoms with Gasteiger partial charge in [0.25, 0.3) is 0 Å². The summed E-state index contributed by atoms with van der Waals surface area (Å²) in [7, 11) is 0. The lowest BCUT2D eigenvalue weighted by Crippen LogP contribution is -2.07. The summed E-state index contributed by atoms with van der Waals surface area (Å²) < 4.78 is 0. The van der Waals surface area contributed by atoms with E-state index in [2.05, 4.69) is 80.0 Å². The van der Waals surface area contributed by atoms with Crippen LogP contribution in [0.1, 0.15) is 39.3 Å². The van der Waals surface area contributed by atoms with Gasteiger partial charge in [0.2, 0.25) is 0 Å². The van der Waals surface area contributed by atoms with E-state index in [1.807, 2.05) is 0 Å². The molecule has 106 valence electrons. The molecule has 0 aliphatic rings. The molecule has 1 unspecified atom stereocenters. The normalized spacial score (nSPS) is 12.4. The Labute approximate surface area is 131 Å². The Balaban J connectivity index is 2.29. The number of benzene rings is 2. The van der Waals surface area contributed by atoms with Gasteiger partial charge in [0.1, 0.15) is 0 Å². The number of rotatable bonds is 4. The van der Waals surface area contributed by atoms with Crippen molar-refractivity contribution in [3.05, 3.63) is 69.8 Å². The lowest BCUT2D eigenvalue weighted by Gasteiger charge is -2.19. The summed E-state index contributed by atoms with van der Waals surface area (Å²) in [6, 6.07) is 13.5. The maximum Gasteiger partial charge on any atom is 0.0103 e. The predicted molar refractivity (Wildman–Crippen MR) is 92.1 cm³/mol. The minimum absolute atomic E-state index is 0.538. The molecule has 0 aliphatic heterocycles. The Hall–Kier alpha value is -1.08. The van der Waals surface area contributed by atoms with Gasteiger partial charge in [-0.1, -0.05) is 63.5 Å². The van der Waals surface area contributed by atoms with Crippen LogP contribution in [0.5, 0.6) is 0 Å². The molecule has 0 heterocycles. The van der Waals surface area contributed by atoms with Crippen LogP contribution in [-0.4, -0.2) is 5.33 Å². The van der Waals surface area contributed by atoms with Crippen LogP contribution < -0.4 is 0 Å². The molecule has 0 bridgehead atoms. The van der Waals surface area contributed by atoms with Gasteiger partial charge in [-0.15, -0.1) is 0 Å². The summed E-state index contributed by atoms with van der Waals surface area (Å²) >= 11 is 3.69. The fourth-order valence-corrected chi connectivity index (χ4v) is 3.48. The van der Waals surface area contributed by atoms with Crippen LogP contribution in [0, 0.1) is 27.7 Å². The van der Waals surface area contributed by atoms with Gasteiger partial charge in [0, 0.05) is 5.33 Å². The second kappa shape index (κ2) is 6.58. The minimum atomic E-state index is 0.538. The van der Waals surface area contributed by atoms with Gasteiger partial charge in [-0.3, -0.25) is 0 Å². The molecule has 2 aromatic carbocycles. The molecule has 0 amide bonds. The molecular weight excluding hydrogens is 308 g/mol. The summed E-state index contributed by atoms with van der Waals surface area (Å²) in [5, 5.41) is 1.00. The highest BCUT2D eigenvalue weighted by Crippen LogP contribution is 2.27. The van der Waals surface area contributed by atoms with Gasteiger partial charge < -0.3 is 0 Å². The third-order valence-corrected chi connectivity index (χ3v) is 4.81. The van der Waals surface area contributed by atoms with E-state index in [0.29, 0.717) is 5.92 Å². The zero-order valence-corrected chi connectivity index (χ0v) is 14.4. The molecule has 0 saturated carbocycles. The van der Waals surface area contributed by atoms with E-state index in [1.165, 1.54) is 33.4 Å². The lowest BCUT2D eigenvalue weighted by molar-refractivity contribution is 0.766. The van der Waals surface area contributed by atoms with E-state index in [0.717, 1.165) is 11.8 Å². The van der Waals surface area contributed by atoms with Crippen molar-refractivity contribution in [1.29, 1.82) is 0 Å². The first-order chi connectivity index (χ1) is 9.51. The summed E-state index contributed by atoms with van der Waals surface area (Å²) in [4.78, 5) is 0.